The van der Waals surface area contributed by atoms with Gasteiger partial charge in [0.2, 0.25) is 0 Å². The lowest BCUT2D eigenvalue weighted by molar-refractivity contribution is 0.0340. The maximum absolute atomic E-state index is 13.2. The first-order chi connectivity index (χ1) is 17.3. The Bertz CT molecular complexity index is 1250. The van der Waals surface area contributed by atoms with Gasteiger partial charge in [-0.25, -0.2) is 0 Å². The summed E-state index contributed by atoms with van der Waals surface area (Å²) >= 11 is 0. The Morgan fingerprint density at radius 1 is 0.857 bits per heavy atom. The second kappa shape index (κ2) is 11.1. The number of carbonyl (C=O) groups is 1. The van der Waals surface area contributed by atoms with Crippen molar-refractivity contribution >= 4 is 5.91 Å². The highest BCUT2D eigenvalue weighted by molar-refractivity contribution is 6.00. The van der Waals surface area contributed by atoms with Crippen LogP contribution in [0.15, 0.2) is 91.3 Å². The zero-order valence-electron chi connectivity index (χ0n) is 19.8. The van der Waals surface area contributed by atoms with Gasteiger partial charge in [0.05, 0.1) is 19.8 Å². The average molecular weight is 467 g/mol. The molecule has 3 aromatic carbocycles. The van der Waals surface area contributed by atoms with Crippen LogP contribution in [0.5, 0.6) is 0 Å². The first-order valence-electron chi connectivity index (χ1n) is 12.1. The second-order valence-electron chi connectivity index (χ2n) is 8.79. The highest BCUT2D eigenvalue weighted by Gasteiger charge is 2.15. The minimum absolute atomic E-state index is 0.0672. The van der Waals surface area contributed by atoms with E-state index in [0.29, 0.717) is 12.1 Å². The molecule has 1 aliphatic heterocycles. The molecular formula is C29H30N4O2. The molecule has 1 saturated heterocycles. The molecule has 0 atom stereocenters. The predicted molar refractivity (Wildman–Crippen MR) is 137 cm³/mol. The van der Waals surface area contributed by atoms with Crippen molar-refractivity contribution in [2.45, 2.75) is 19.6 Å². The molecule has 6 nitrogen and oxygen atoms in total. The van der Waals surface area contributed by atoms with Crippen LogP contribution in [0.4, 0.5) is 0 Å². The van der Waals surface area contributed by atoms with Crippen molar-refractivity contribution in [2.24, 2.45) is 0 Å². The number of hydrogen-bond donors (Lipinski definition) is 1. The highest BCUT2D eigenvalue weighted by atomic mass is 16.5. The maximum atomic E-state index is 13.2. The smallest absolute Gasteiger partial charge is 0.252 e. The topological polar surface area (TPSA) is 59.4 Å². The van der Waals surface area contributed by atoms with Gasteiger partial charge in [0.15, 0.2) is 0 Å². The molecule has 1 aromatic heterocycles. The van der Waals surface area contributed by atoms with E-state index in [2.05, 4.69) is 57.8 Å². The van der Waals surface area contributed by atoms with Gasteiger partial charge >= 0.3 is 0 Å². The van der Waals surface area contributed by atoms with E-state index in [1.54, 1.807) is 6.20 Å². The molecule has 1 N–H and O–H groups in total. The number of nitrogens with zero attached hydrogens (tertiary/aromatic N) is 3. The summed E-state index contributed by atoms with van der Waals surface area (Å²) in [5, 5.41) is 7.42. The van der Waals surface area contributed by atoms with Crippen LogP contribution in [0, 0.1) is 0 Å². The molecule has 1 aliphatic rings. The third-order valence-electron chi connectivity index (χ3n) is 6.40. The molecule has 0 bridgehead atoms. The Morgan fingerprint density at radius 2 is 1.60 bits per heavy atom. The summed E-state index contributed by atoms with van der Waals surface area (Å²) < 4.78 is 7.37. The predicted octanol–water partition coefficient (Wildman–Crippen LogP) is 4.36. The SMILES string of the molecule is O=C(NCc1ccccc1CN1CCOCC1)c1ccccc1-c1ccc(Cn2cccn2)cc1. The molecule has 2 heterocycles. The monoisotopic (exact) mass is 466 g/mol. The van der Waals surface area contributed by atoms with Crippen LogP contribution >= 0.6 is 0 Å². The minimum atomic E-state index is -0.0672. The number of nitrogens with one attached hydrogen (secondary N) is 1. The number of aromatic nitrogens is 2. The Hall–Kier alpha value is -3.74. The van der Waals surface area contributed by atoms with Gasteiger partial charge in [0.1, 0.15) is 0 Å². The van der Waals surface area contributed by atoms with E-state index < -0.39 is 0 Å². The lowest BCUT2D eigenvalue weighted by Crippen LogP contribution is -2.36. The average Bonchev–Trinajstić information content (AvgIpc) is 3.42. The number of benzene rings is 3. The second-order valence-corrected chi connectivity index (χ2v) is 8.79. The summed E-state index contributed by atoms with van der Waals surface area (Å²) in [6.45, 7) is 5.52. The molecule has 4 aromatic rings. The quantitative estimate of drug-likeness (QED) is 0.419. The molecule has 0 radical (unpaired) electrons. The van der Waals surface area contributed by atoms with E-state index in [4.69, 9.17) is 4.74 Å². The van der Waals surface area contributed by atoms with Gasteiger partial charge < -0.3 is 10.1 Å². The highest BCUT2D eigenvalue weighted by Crippen LogP contribution is 2.24. The molecule has 5 rings (SSSR count). The van der Waals surface area contributed by atoms with Crippen molar-refractivity contribution in [2.75, 3.05) is 26.3 Å². The number of morpholine rings is 1. The molecule has 0 spiro atoms. The van der Waals surface area contributed by atoms with Crippen molar-refractivity contribution in [1.29, 1.82) is 0 Å². The number of hydrogen-bond acceptors (Lipinski definition) is 4. The Kier molecular flexibility index (Phi) is 7.32. The van der Waals surface area contributed by atoms with Gasteiger partial charge in [-0.05, 0) is 39.9 Å². The fraction of sp³-hybridized carbons (Fsp3) is 0.241. The molecule has 6 heteroatoms. The maximum Gasteiger partial charge on any atom is 0.252 e. The molecule has 1 amide bonds. The summed E-state index contributed by atoms with van der Waals surface area (Å²) in [5.41, 5.74) is 6.18. The first-order valence-corrected chi connectivity index (χ1v) is 12.1. The van der Waals surface area contributed by atoms with E-state index >= 15 is 0 Å². The van der Waals surface area contributed by atoms with Gasteiger partial charge in [0.25, 0.3) is 5.91 Å². The molecule has 0 unspecified atom stereocenters. The number of amides is 1. The van der Waals surface area contributed by atoms with Crippen molar-refractivity contribution < 1.29 is 9.53 Å². The van der Waals surface area contributed by atoms with Crippen molar-refractivity contribution in [1.82, 2.24) is 20.0 Å². The van der Waals surface area contributed by atoms with Crippen LogP contribution in [-0.4, -0.2) is 46.9 Å². The van der Waals surface area contributed by atoms with Crippen LogP contribution < -0.4 is 5.32 Å². The number of carbonyl (C=O) groups excluding carboxylic acids is 1. The van der Waals surface area contributed by atoms with Gasteiger partial charge in [-0.1, -0.05) is 66.7 Å². The van der Waals surface area contributed by atoms with Gasteiger partial charge in [-0.3, -0.25) is 14.4 Å². The minimum Gasteiger partial charge on any atom is -0.379 e. The molecule has 1 fully saturated rings. The lowest BCUT2D eigenvalue weighted by Gasteiger charge is -2.27. The third kappa shape index (κ3) is 5.85. The fourth-order valence-corrected chi connectivity index (χ4v) is 4.46. The van der Waals surface area contributed by atoms with Crippen LogP contribution in [0.1, 0.15) is 27.0 Å². The number of rotatable bonds is 8. The van der Waals surface area contributed by atoms with Crippen LogP contribution in [0.3, 0.4) is 0 Å². The van der Waals surface area contributed by atoms with Gasteiger partial charge in [-0.2, -0.15) is 5.10 Å². The van der Waals surface area contributed by atoms with Crippen LogP contribution in [0.25, 0.3) is 11.1 Å². The van der Waals surface area contributed by atoms with Crippen molar-refractivity contribution in [3.63, 3.8) is 0 Å². The number of ether oxygens (including phenoxy) is 1. The lowest BCUT2D eigenvalue weighted by atomic mass is 9.98. The Balaban J connectivity index is 1.27. The molecular weight excluding hydrogens is 436 g/mol. The summed E-state index contributed by atoms with van der Waals surface area (Å²) in [5.74, 6) is -0.0672. The fourth-order valence-electron chi connectivity index (χ4n) is 4.46. The van der Waals surface area contributed by atoms with E-state index in [-0.39, 0.29) is 5.91 Å². The van der Waals surface area contributed by atoms with Crippen LogP contribution in [0.2, 0.25) is 0 Å². The summed E-state index contributed by atoms with van der Waals surface area (Å²) in [7, 11) is 0. The Morgan fingerprint density at radius 3 is 2.37 bits per heavy atom. The normalized spacial score (nSPS) is 14.1. The zero-order valence-corrected chi connectivity index (χ0v) is 19.8. The van der Waals surface area contributed by atoms with E-state index in [0.717, 1.165) is 61.6 Å². The Labute approximate surface area is 206 Å². The standard InChI is InChI=1S/C29H30N4O2/c34-29(30-20-25-6-1-2-7-26(25)22-32-16-18-35-19-17-32)28-9-4-3-8-27(28)24-12-10-23(11-13-24)21-33-15-5-14-31-33/h1-15H,16-22H2,(H,30,34). The van der Waals surface area contributed by atoms with Crippen LogP contribution in [-0.2, 0) is 24.4 Å². The molecule has 0 saturated carbocycles. The van der Waals surface area contributed by atoms with Crippen molar-refractivity contribution in [3.8, 4) is 11.1 Å². The van der Waals surface area contributed by atoms with Crippen molar-refractivity contribution in [3.05, 3.63) is 114 Å². The zero-order chi connectivity index (χ0) is 23.9. The van der Waals surface area contributed by atoms with E-state index in [9.17, 15) is 4.79 Å². The molecule has 178 valence electrons. The molecule has 0 aliphatic carbocycles. The summed E-state index contributed by atoms with van der Waals surface area (Å²) in [6.07, 6.45) is 3.73. The summed E-state index contributed by atoms with van der Waals surface area (Å²) in [4.78, 5) is 15.6. The van der Waals surface area contributed by atoms with Gasteiger partial charge in [-0.15, -0.1) is 0 Å². The van der Waals surface area contributed by atoms with Gasteiger partial charge in [0, 0.05) is 44.1 Å². The first kappa shape index (κ1) is 23.0. The third-order valence-corrected chi connectivity index (χ3v) is 6.40. The van der Waals surface area contributed by atoms with E-state index in [1.165, 1.54) is 5.56 Å². The summed E-state index contributed by atoms with van der Waals surface area (Å²) in [6, 6.07) is 26.4. The van der Waals surface area contributed by atoms with E-state index in [1.807, 2.05) is 47.3 Å². The molecule has 35 heavy (non-hydrogen) atoms. The largest absolute Gasteiger partial charge is 0.379 e.